The molecule has 1 heterocycles. The smallest absolute Gasteiger partial charge is 0.0110 e. The summed E-state index contributed by atoms with van der Waals surface area (Å²) < 4.78 is 0. The molecule has 0 aromatic carbocycles. The summed E-state index contributed by atoms with van der Waals surface area (Å²) in [5.74, 6) is 2.03. The highest BCUT2D eigenvalue weighted by molar-refractivity contribution is 4.87. The van der Waals surface area contributed by atoms with Crippen molar-refractivity contribution < 1.29 is 0 Å². The predicted molar refractivity (Wildman–Crippen MR) is 37.8 cm³/mol. The van der Waals surface area contributed by atoms with E-state index in [1.165, 1.54) is 32.4 Å². The molecule has 0 amide bonds. The number of likely N-dealkylation sites (tertiary alicyclic amines) is 1. The lowest BCUT2D eigenvalue weighted by atomic mass is 10.0. The van der Waals surface area contributed by atoms with Gasteiger partial charge >= 0.3 is 0 Å². The lowest BCUT2D eigenvalue weighted by molar-refractivity contribution is 0.416. The van der Waals surface area contributed by atoms with Crippen LogP contribution in [-0.4, -0.2) is 18.0 Å². The van der Waals surface area contributed by atoms with Crippen LogP contribution in [0, 0.1) is 18.9 Å². The van der Waals surface area contributed by atoms with Crippen molar-refractivity contribution in [1.29, 1.82) is 0 Å². The molecule has 0 N–H and O–H groups in total. The number of hydrogen-bond acceptors (Lipinski definition) is 1. The van der Waals surface area contributed by atoms with E-state index in [1.807, 2.05) is 0 Å². The molecule has 1 radical (unpaired) electrons. The minimum Gasteiger partial charge on any atom is -0.301 e. The van der Waals surface area contributed by atoms with Crippen molar-refractivity contribution in [3.05, 3.63) is 7.05 Å². The zero-order chi connectivity index (χ0) is 6.27. The molecule has 0 spiro atoms. The number of nitrogens with zero attached hydrogens (tertiary/aromatic N) is 1. The van der Waals surface area contributed by atoms with Crippen molar-refractivity contribution in [2.75, 3.05) is 13.1 Å². The SMILES string of the molecule is [CH2]N1C[C@H]2CCC[C@H]2C1. The van der Waals surface area contributed by atoms with E-state index in [9.17, 15) is 0 Å². The molecule has 1 saturated carbocycles. The Hall–Kier alpha value is -0.0400. The number of hydrogen-bond donors (Lipinski definition) is 0. The predicted octanol–water partition coefficient (Wildman–Crippen LogP) is 1.51. The van der Waals surface area contributed by atoms with Gasteiger partial charge in [-0.15, -0.1) is 0 Å². The van der Waals surface area contributed by atoms with Crippen LogP contribution in [0.15, 0.2) is 0 Å². The lowest BCUT2D eigenvalue weighted by Crippen LogP contribution is -2.11. The molecule has 2 fully saturated rings. The minimum atomic E-state index is 1.02. The quantitative estimate of drug-likeness (QED) is 0.473. The van der Waals surface area contributed by atoms with Gasteiger partial charge in [-0.05, 0) is 24.7 Å². The zero-order valence-electron chi connectivity index (χ0n) is 5.84. The Kier molecular flexibility index (Phi) is 1.26. The Morgan fingerprint density at radius 3 is 2.22 bits per heavy atom. The topological polar surface area (TPSA) is 3.24 Å². The molecule has 2 aliphatic rings. The average Bonchev–Trinajstić information content (AvgIpc) is 2.22. The monoisotopic (exact) mass is 124 g/mol. The summed E-state index contributed by atoms with van der Waals surface area (Å²) in [4.78, 5) is 2.23. The van der Waals surface area contributed by atoms with Gasteiger partial charge in [-0.2, -0.15) is 0 Å². The third kappa shape index (κ3) is 0.877. The van der Waals surface area contributed by atoms with Crippen LogP contribution in [0.1, 0.15) is 19.3 Å². The Morgan fingerprint density at radius 2 is 1.67 bits per heavy atom. The first-order valence-electron chi connectivity index (χ1n) is 3.92. The first-order chi connectivity index (χ1) is 4.36. The fraction of sp³-hybridized carbons (Fsp3) is 0.875. The first kappa shape index (κ1) is 5.72. The highest BCUT2D eigenvalue weighted by Crippen LogP contribution is 2.36. The van der Waals surface area contributed by atoms with Crippen LogP contribution in [-0.2, 0) is 0 Å². The Balaban J connectivity index is 2.02. The average molecular weight is 124 g/mol. The first-order valence-corrected chi connectivity index (χ1v) is 3.92. The van der Waals surface area contributed by atoms with E-state index >= 15 is 0 Å². The third-order valence-corrected chi connectivity index (χ3v) is 2.80. The molecule has 1 aliphatic heterocycles. The van der Waals surface area contributed by atoms with Gasteiger partial charge < -0.3 is 4.90 Å². The van der Waals surface area contributed by atoms with Crippen LogP contribution in [0.4, 0.5) is 0 Å². The molecule has 0 bridgehead atoms. The summed E-state index contributed by atoms with van der Waals surface area (Å²) >= 11 is 0. The second kappa shape index (κ2) is 1.98. The summed E-state index contributed by atoms with van der Waals surface area (Å²) in [5.41, 5.74) is 0. The summed E-state index contributed by atoms with van der Waals surface area (Å²) in [6, 6.07) is 0. The second-order valence-corrected chi connectivity index (χ2v) is 3.49. The third-order valence-electron chi connectivity index (χ3n) is 2.80. The van der Waals surface area contributed by atoms with E-state index in [1.54, 1.807) is 0 Å². The summed E-state index contributed by atoms with van der Waals surface area (Å²) in [5, 5.41) is 0. The van der Waals surface area contributed by atoms with E-state index in [0.29, 0.717) is 0 Å². The maximum absolute atomic E-state index is 3.95. The molecule has 1 saturated heterocycles. The van der Waals surface area contributed by atoms with E-state index in [-0.39, 0.29) is 0 Å². The molecule has 0 aromatic rings. The van der Waals surface area contributed by atoms with Gasteiger partial charge in [-0.25, -0.2) is 0 Å². The van der Waals surface area contributed by atoms with Crippen LogP contribution in [0.5, 0.6) is 0 Å². The Morgan fingerprint density at radius 1 is 1.11 bits per heavy atom. The van der Waals surface area contributed by atoms with Crippen LogP contribution < -0.4 is 0 Å². The molecule has 9 heavy (non-hydrogen) atoms. The summed E-state index contributed by atoms with van der Waals surface area (Å²) in [6.07, 6.45) is 4.41. The van der Waals surface area contributed by atoms with Crippen molar-refractivity contribution in [2.24, 2.45) is 11.8 Å². The molecule has 1 heteroatoms. The minimum absolute atomic E-state index is 1.02. The van der Waals surface area contributed by atoms with Gasteiger partial charge in [0.1, 0.15) is 0 Å². The van der Waals surface area contributed by atoms with E-state index in [2.05, 4.69) is 11.9 Å². The highest BCUT2D eigenvalue weighted by Gasteiger charge is 2.33. The fourth-order valence-electron chi connectivity index (χ4n) is 2.33. The molecule has 1 aliphatic carbocycles. The van der Waals surface area contributed by atoms with Crippen molar-refractivity contribution >= 4 is 0 Å². The number of fused-ring (bicyclic) bond motifs is 1. The van der Waals surface area contributed by atoms with Crippen LogP contribution in [0.25, 0.3) is 0 Å². The van der Waals surface area contributed by atoms with Gasteiger partial charge in [0.2, 0.25) is 0 Å². The highest BCUT2D eigenvalue weighted by atomic mass is 15.1. The molecule has 0 aromatic heterocycles. The maximum Gasteiger partial charge on any atom is 0.0110 e. The van der Waals surface area contributed by atoms with E-state index in [0.717, 1.165) is 11.8 Å². The Labute approximate surface area is 57.0 Å². The standard InChI is InChI=1S/C8H14N/c1-9-5-7-3-2-4-8(7)6-9/h7-8H,1-6H2/t7-,8+. The van der Waals surface area contributed by atoms with Gasteiger partial charge in [0.25, 0.3) is 0 Å². The second-order valence-electron chi connectivity index (χ2n) is 3.49. The molecule has 2 atom stereocenters. The molecule has 1 nitrogen and oxygen atoms in total. The van der Waals surface area contributed by atoms with Crippen molar-refractivity contribution in [1.82, 2.24) is 4.90 Å². The summed E-state index contributed by atoms with van der Waals surface area (Å²) in [6.45, 7) is 2.54. The maximum atomic E-state index is 3.95. The fourth-order valence-corrected chi connectivity index (χ4v) is 2.33. The van der Waals surface area contributed by atoms with E-state index in [4.69, 9.17) is 0 Å². The van der Waals surface area contributed by atoms with Gasteiger partial charge in [-0.3, -0.25) is 0 Å². The van der Waals surface area contributed by atoms with Gasteiger partial charge in [-0.1, -0.05) is 6.42 Å². The van der Waals surface area contributed by atoms with Crippen molar-refractivity contribution in [3.63, 3.8) is 0 Å². The molecule has 0 unspecified atom stereocenters. The van der Waals surface area contributed by atoms with Gasteiger partial charge in [0.05, 0.1) is 0 Å². The van der Waals surface area contributed by atoms with Gasteiger partial charge in [0, 0.05) is 20.1 Å². The number of rotatable bonds is 0. The van der Waals surface area contributed by atoms with Crippen LogP contribution in [0.2, 0.25) is 0 Å². The molecule has 51 valence electrons. The van der Waals surface area contributed by atoms with Crippen LogP contribution >= 0.6 is 0 Å². The zero-order valence-corrected chi connectivity index (χ0v) is 5.84. The molecular weight excluding hydrogens is 110 g/mol. The van der Waals surface area contributed by atoms with Crippen LogP contribution in [0.3, 0.4) is 0 Å². The largest absolute Gasteiger partial charge is 0.301 e. The van der Waals surface area contributed by atoms with Gasteiger partial charge in [0.15, 0.2) is 0 Å². The Bertz CT molecular complexity index is 99.1. The van der Waals surface area contributed by atoms with Crippen molar-refractivity contribution in [2.45, 2.75) is 19.3 Å². The van der Waals surface area contributed by atoms with E-state index < -0.39 is 0 Å². The molecule has 2 rings (SSSR count). The molecular formula is C8H14N. The lowest BCUT2D eigenvalue weighted by Gasteiger charge is -2.06. The van der Waals surface area contributed by atoms with Crippen molar-refractivity contribution in [3.8, 4) is 0 Å². The normalized spacial score (nSPS) is 43.7. The summed E-state index contributed by atoms with van der Waals surface area (Å²) in [7, 11) is 3.95.